The molecule has 1 unspecified atom stereocenters. The maximum Gasteiger partial charge on any atom is -0.0202 e. The standard InChI is InChI=1S/C9H16/c1-4-7-9(6-3)8-5-2/h4-5,8-9H,1,6-7H2,2-3H3. The molecular weight excluding hydrogens is 108 g/mol. The molecular formula is C9H16. The molecule has 0 amide bonds. The van der Waals surface area contributed by atoms with Crippen LogP contribution in [0.25, 0.3) is 0 Å². The third-order valence-corrected chi connectivity index (χ3v) is 1.46. The average molecular weight is 124 g/mol. The summed E-state index contributed by atoms with van der Waals surface area (Å²) >= 11 is 0. The first-order valence-corrected chi connectivity index (χ1v) is 3.58. The molecule has 0 rings (SSSR count). The predicted molar refractivity (Wildman–Crippen MR) is 43.4 cm³/mol. The molecule has 0 fully saturated rings. The minimum atomic E-state index is 0.715. The molecule has 0 aliphatic rings. The summed E-state index contributed by atoms with van der Waals surface area (Å²) in [6.45, 7) is 7.96. The van der Waals surface area contributed by atoms with Gasteiger partial charge in [0, 0.05) is 0 Å². The molecule has 1 atom stereocenters. The number of allylic oxidation sites excluding steroid dienone is 3. The topological polar surface area (TPSA) is 0 Å². The van der Waals surface area contributed by atoms with Gasteiger partial charge in [-0.15, -0.1) is 6.58 Å². The highest BCUT2D eigenvalue weighted by Crippen LogP contribution is 2.09. The van der Waals surface area contributed by atoms with Crippen LogP contribution in [0.5, 0.6) is 0 Å². The van der Waals surface area contributed by atoms with Gasteiger partial charge in [-0.25, -0.2) is 0 Å². The Labute approximate surface area is 58.3 Å². The molecule has 52 valence electrons. The van der Waals surface area contributed by atoms with Crippen molar-refractivity contribution in [3.05, 3.63) is 24.8 Å². The van der Waals surface area contributed by atoms with Crippen molar-refractivity contribution in [1.82, 2.24) is 0 Å². The maximum atomic E-state index is 3.70. The normalized spacial score (nSPS) is 14.0. The number of rotatable bonds is 4. The van der Waals surface area contributed by atoms with E-state index in [1.807, 2.05) is 6.08 Å². The highest BCUT2D eigenvalue weighted by Gasteiger charge is 1.95. The van der Waals surface area contributed by atoms with Gasteiger partial charge in [0.2, 0.25) is 0 Å². The lowest BCUT2D eigenvalue weighted by atomic mass is 10.0. The second kappa shape index (κ2) is 5.61. The van der Waals surface area contributed by atoms with E-state index in [-0.39, 0.29) is 0 Å². The largest absolute Gasteiger partial charge is 0.103 e. The molecule has 0 saturated heterocycles. The third kappa shape index (κ3) is 4.01. The van der Waals surface area contributed by atoms with Gasteiger partial charge in [0.05, 0.1) is 0 Å². The summed E-state index contributed by atoms with van der Waals surface area (Å²) in [6.07, 6.45) is 8.66. The van der Waals surface area contributed by atoms with Gasteiger partial charge >= 0.3 is 0 Å². The molecule has 0 N–H and O–H groups in total. The van der Waals surface area contributed by atoms with Crippen LogP contribution in [0.4, 0.5) is 0 Å². The molecule has 0 nitrogen and oxygen atoms in total. The van der Waals surface area contributed by atoms with Crippen molar-refractivity contribution in [2.75, 3.05) is 0 Å². The number of hydrogen-bond acceptors (Lipinski definition) is 0. The highest BCUT2D eigenvalue weighted by molar-refractivity contribution is 4.88. The number of hydrogen-bond donors (Lipinski definition) is 0. The Morgan fingerprint density at radius 3 is 2.56 bits per heavy atom. The van der Waals surface area contributed by atoms with E-state index in [9.17, 15) is 0 Å². The van der Waals surface area contributed by atoms with Gasteiger partial charge < -0.3 is 0 Å². The molecule has 0 aliphatic heterocycles. The van der Waals surface area contributed by atoms with Crippen molar-refractivity contribution in [1.29, 1.82) is 0 Å². The summed E-state index contributed by atoms with van der Waals surface area (Å²) in [6, 6.07) is 0. The van der Waals surface area contributed by atoms with E-state index < -0.39 is 0 Å². The van der Waals surface area contributed by atoms with Gasteiger partial charge in [0.25, 0.3) is 0 Å². The fourth-order valence-electron chi connectivity index (χ4n) is 0.868. The van der Waals surface area contributed by atoms with Crippen LogP contribution in [-0.4, -0.2) is 0 Å². The lowest BCUT2D eigenvalue weighted by Gasteiger charge is -2.03. The Morgan fingerprint density at radius 2 is 2.22 bits per heavy atom. The van der Waals surface area contributed by atoms with Gasteiger partial charge in [-0.1, -0.05) is 25.2 Å². The summed E-state index contributed by atoms with van der Waals surface area (Å²) in [4.78, 5) is 0. The quantitative estimate of drug-likeness (QED) is 0.505. The first-order chi connectivity index (χ1) is 4.35. The molecule has 0 saturated carbocycles. The van der Waals surface area contributed by atoms with Gasteiger partial charge in [-0.2, -0.15) is 0 Å². The molecule has 0 aromatic rings. The average Bonchev–Trinajstić information content (AvgIpc) is 1.88. The van der Waals surface area contributed by atoms with Gasteiger partial charge in [0.1, 0.15) is 0 Å². The van der Waals surface area contributed by atoms with Crippen LogP contribution in [0, 0.1) is 5.92 Å². The predicted octanol–water partition coefficient (Wildman–Crippen LogP) is 3.16. The lowest BCUT2D eigenvalue weighted by molar-refractivity contribution is 0.638. The van der Waals surface area contributed by atoms with Crippen molar-refractivity contribution in [2.24, 2.45) is 5.92 Å². The van der Waals surface area contributed by atoms with Crippen molar-refractivity contribution >= 4 is 0 Å². The van der Waals surface area contributed by atoms with E-state index >= 15 is 0 Å². The second-order valence-electron chi connectivity index (χ2n) is 2.22. The Kier molecular flexibility index (Phi) is 5.29. The van der Waals surface area contributed by atoms with Gasteiger partial charge in [-0.05, 0) is 25.7 Å². The first kappa shape index (κ1) is 8.48. The van der Waals surface area contributed by atoms with E-state index in [1.54, 1.807) is 0 Å². The van der Waals surface area contributed by atoms with E-state index in [2.05, 4.69) is 32.6 Å². The summed E-state index contributed by atoms with van der Waals surface area (Å²) in [5, 5.41) is 0. The van der Waals surface area contributed by atoms with E-state index in [4.69, 9.17) is 0 Å². The zero-order chi connectivity index (χ0) is 7.11. The van der Waals surface area contributed by atoms with E-state index in [1.165, 1.54) is 6.42 Å². The molecule has 0 bridgehead atoms. The minimum Gasteiger partial charge on any atom is -0.103 e. The zero-order valence-corrected chi connectivity index (χ0v) is 6.43. The van der Waals surface area contributed by atoms with Gasteiger partial charge in [-0.3, -0.25) is 0 Å². The molecule has 0 aliphatic carbocycles. The molecule has 0 radical (unpaired) electrons. The molecule has 9 heavy (non-hydrogen) atoms. The van der Waals surface area contributed by atoms with Gasteiger partial charge in [0.15, 0.2) is 0 Å². The smallest absolute Gasteiger partial charge is 0.0202 e. The van der Waals surface area contributed by atoms with E-state index in [0.717, 1.165) is 6.42 Å². The SMILES string of the molecule is C=CCC(C=CC)CC. The monoisotopic (exact) mass is 124 g/mol. The molecule has 0 spiro atoms. The third-order valence-electron chi connectivity index (χ3n) is 1.46. The summed E-state index contributed by atoms with van der Waals surface area (Å²) in [5.41, 5.74) is 0. The van der Waals surface area contributed by atoms with E-state index in [0.29, 0.717) is 5.92 Å². The van der Waals surface area contributed by atoms with Crippen LogP contribution in [0.1, 0.15) is 26.7 Å². The van der Waals surface area contributed by atoms with Crippen LogP contribution in [0.15, 0.2) is 24.8 Å². The van der Waals surface area contributed by atoms with Crippen molar-refractivity contribution in [2.45, 2.75) is 26.7 Å². The van der Waals surface area contributed by atoms with Crippen molar-refractivity contribution < 1.29 is 0 Å². The summed E-state index contributed by atoms with van der Waals surface area (Å²) in [5.74, 6) is 0.715. The van der Waals surface area contributed by atoms with Crippen LogP contribution in [0.2, 0.25) is 0 Å². The maximum absolute atomic E-state index is 3.70. The highest BCUT2D eigenvalue weighted by atomic mass is 14.0. The molecule has 0 aromatic heterocycles. The fraction of sp³-hybridized carbons (Fsp3) is 0.556. The molecule has 0 heteroatoms. The lowest BCUT2D eigenvalue weighted by Crippen LogP contribution is -1.89. The fourth-order valence-corrected chi connectivity index (χ4v) is 0.868. The Balaban J connectivity index is 3.53. The summed E-state index contributed by atoms with van der Waals surface area (Å²) < 4.78 is 0. The van der Waals surface area contributed by atoms with Crippen LogP contribution >= 0.6 is 0 Å². The Hall–Kier alpha value is -0.520. The first-order valence-electron chi connectivity index (χ1n) is 3.58. The Morgan fingerprint density at radius 1 is 1.56 bits per heavy atom. The van der Waals surface area contributed by atoms with Crippen LogP contribution < -0.4 is 0 Å². The van der Waals surface area contributed by atoms with Crippen LogP contribution in [0.3, 0.4) is 0 Å². The van der Waals surface area contributed by atoms with Crippen molar-refractivity contribution in [3.8, 4) is 0 Å². The molecule has 0 aromatic carbocycles. The zero-order valence-electron chi connectivity index (χ0n) is 6.43. The summed E-state index contributed by atoms with van der Waals surface area (Å²) in [7, 11) is 0. The molecule has 0 heterocycles. The Bertz CT molecular complexity index is 90.2. The van der Waals surface area contributed by atoms with Crippen LogP contribution in [-0.2, 0) is 0 Å². The van der Waals surface area contributed by atoms with Crippen molar-refractivity contribution in [3.63, 3.8) is 0 Å². The second-order valence-corrected chi connectivity index (χ2v) is 2.22. The minimum absolute atomic E-state index is 0.715.